The van der Waals surface area contributed by atoms with Crippen molar-refractivity contribution in [2.24, 2.45) is 0 Å². The van der Waals surface area contributed by atoms with Gasteiger partial charge < -0.3 is 14.3 Å². The molecule has 1 saturated heterocycles. The van der Waals surface area contributed by atoms with Crippen LogP contribution in [0.5, 0.6) is 0 Å². The minimum absolute atomic E-state index is 0.260. The molecule has 2 aromatic heterocycles. The van der Waals surface area contributed by atoms with E-state index < -0.39 is 18.3 Å². The van der Waals surface area contributed by atoms with Gasteiger partial charge in [-0.25, -0.2) is 9.37 Å². The first-order chi connectivity index (χ1) is 11.7. The van der Waals surface area contributed by atoms with Gasteiger partial charge in [0.1, 0.15) is 11.4 Å². The average Bonchev–Trinajstić information content (AvgIpc) is 2.95. The van der Waals surface area contributed by atoms with Gasteiger partial charge in [0.25, 0.3) is 0 Å². The van der Waals surface area contributed by atoms with Crippen molar-refractivity contribution in [1.29, 1.82) is 0 Å². The Morgan fingerprint density at radius 3 is 2.52 bits per heavy atom. The van der Waals surface area contributed by atoms with Crippen LogP contribution < -0.4 is 0 Å². The Bertz CT molecular complexity index is 853. The van der Waals surface area contributed by atoms with Crippen molar-refractivity contribution >= 4 is 29.8 Å². The molecule has 132 valence electrons. The molecular formula is C18H21BClFN2O2. The summed E-state index contributed by atoms with van der Waals surface area (Å²) < 4.78 is 26.4. The van der Waals surface area contributed by atoms with E-state index in [0.717, 1.165) is 22.3 Å². The van der Waals surface area contributed by atoms with Crippen LogP contribution in [0.15, 0.2) is 29.6 Å². The first-order valence-electron chi connectivity index (χ1n) is 8.53. The Balaban J connectivity index is 1.49. The van der Waals surface area contributed by atoms with E-state index in [1.54, 1.807) is 6.20 Å². The zero-order valence-electron chi connectivity index (χ0n) is 14.8. The highest BCUT2D eigenvalue weighted by Crippen LogP contribution is 2.46. The molecule has 0 bridgehead atoms. The van der Waals surface area contributed by atoms with Gasteiger partial charge >= 0.3 is 7.12 Å². The molecule has 0 aromatic carbocycles. The van der Waals surface area contributed by atoms with E-state index in [-0.39, 0.29) is 11.6 Å². The molecule has 2 aromatic rings. The van der Waals surface area contributed by atoms with Gasteiger partial charge in [-0.3, -0.25) is 0 Å². The molecule has 0 amide bonds. The number of nitrogens with zero attached hydrogens (tertiary/aromatic N) is 1. The van der Waals surface area contributed by atoms with Gasteiger partial charge in [-0.05, 0) is 58.2 Å². The molecule has 2 aliphatic rings. The predicted molar refractivity (Wildman–Crippen MR) is 97.3 cm³/mol. The molecule has 0 radical (unpaired) electrons. The lowest BCUT2D eigenvalue weighted by Crippen LogP contribution is -2.41. The van der Waals surface area contributed by atoms with Crippen molar-refractivity contribution in [2.75, 3.05) is 0 Å². The molecule has 25 heavy (non-hydrogen) atoms. The average molecular weight is 363 g/mol. The van der Waals surface area contributed by atoms with E-state index >= 15 is 0 Å². The number of hydrogen-bond donors (Lipinski definition) is 1. The second kappa shape index (κ2) is 5.56. The number of halogens is 2. The summed E-state index contributed by atoms with van der Waals surface area (Å²) in [5.74, 6) is 0.260. The predicted octanol–water partition coefficient (Wildman–Crippen LogP) is 4.95. The quantitative estimate of drug-likeness (QED) is 0.769. The number of hydrogen-bond acceptors (Lipinski definition) is 3. The fourth-order valence-corrected chi connectivity index (χ4v) is 3.46. The summed E-state index contributed by atoms with van der Waals surface area (Å²) in [7, 11) is -0.899. The number of aromatic amines is 1. The van der Waals surface area contributed by atoms with Gasteiger partial charge in [0, 0.05) is 23.2 Å². The van der Waals surface area contributed by atoms with Crippen LogP contribution in [-0.4, -0.2) is 28.3 Å². The Morgan fingerprint density at radius 2 is 1.88 bits per heavy atom. The summed E-state index contributed by atoms with van der Waals surface area (Å²) in [5, 5.41) is 1.59. The van der Waals surface area contributed by atoms with Crippen molar-refractivity contribution in [3.8, 4) is 0 Å². The third kappa shape index (κ3) is 2.80. The number of rotatable bonds is 2. The summed E-state index contributed by atoms with van der Waals surface area (Å²) in [6.07, 6.45) is 2.95. The lowest BCUT2D eigenvalue weighted by atomic mass is 9.71. The van der Waals surface area contributed by atoms with Crippen LogP contribution in [0.1, 0.15) is 52.1 Å². The minimum atomic E-state index is -0.899. The van der Waals surface area contributed by atoms with Crippen molar-refractivity contribution in [2.45, 2.75) is 57.7 Å². The zero-order valence-corrected chi connectivity index (χ0v) is 15.6. The maximum Gasteiger partial charge on any atom is 0.525 e. The topological polar surface area (TPSA) is 47.1 Å². The Morgan fingerprint density at radius 1 is 1.24 bits per heavy atom. The van der Waals surface area contributed by atoms with Crippen molar-refractivity contribution < 1.29 is 13.7 Å². The summed E-state index contributed by atoms with van der Waals surface area (Å²) >= 11 is 5.98. The molecule has 1 N–H and O–H groups in total. The van der Waals surface area contributed by atoms with Gasteiger partial charge in [-0.15, -0.1) is 0 Å². The zero-order chi connectivity index (χ0) is 18.0. The highest BCUT2D eigenvalue weighted by Gasteiger charge is 2.54. The van der Waals surface area contributed by atoms with E-state index in [0.29, 0.717) is 17.9 Å². The third-order valence-corrected chi connectivity index (χ3v) is 5.89. The van der Waals surface area contributed by atoms with E-state index in [1.807, 2.05) is 39.8 Å². The largest absolute Gasteiger partial charge is 0.525 e. The molecular weight excluding hydrogens is 341 g/mol. The van der Waals surface area contributed by atoms with Crippen LogP contribution in [-0.2, 0) is 9.31 Å². The first-order valence-corrected chi connectivity index (χ1v) is 8.91. The molecule has 0 spiro atoms. The highest BCUT2D eigenvalue weighted by atomic mass is 35.5. The van der Waals surface area contributed by atoms with Gasteiger partial charge in [0.05, 0.1) is 16.2 Å². The van der Waals surface area contributed by atoms with Crippen LogP contribution >= 0.6 is 11.6 Å². The monoisotopic (exact) mass is 362 g/mol. The molecule has 1 aliphatic carbocycles. The highest BCUT2D eigenvalue weighted by molar-refractivity contribution is 6.53. The maximum atomic E-state index is 14.8. The van der Waals surface area contributed by atoms with Gasteiger partial charge in [-0.1, -0.05) is 11.6 Å². The Hall–Kier alpha value is -1.37. The second-order valence-corrected chi connectivity index (χ2v) is 8.40. The van der Waals surface area contributed by atoms with E-state index in [9.17, 15) is 4.39 Å². The molecule has 7 heteroatoms. The first kappa shape index (κ1) is 17.1. The fourth-order valence-electron chi connectivity index (χ4n) is 3.29. The number of H-pyrrole nitrogens is 1. The van der Waals surface area contributed by atoms with Crippen molar-refractivity contribution in [3.63, 3.8) is 0 Å². The lowest BCUT2D eigenvalue weighted by Gasteiger charge is -2.32. The van der Waals surface area contributed by atoms with Crippen LogP contribution in [0.3, 0.4) is 0 Å². The molecule has 2 fully saturated rings. The number of aromatic nitrogens is 2. The SMILES string of the molecule is CC1(C)OB(C(F)=C2CC(c3cc4cc(Cl)cnc4[nH]3)C2)OC1(C)C. The van der Waals surface area contributed by atoms with Crippen LogP contribution in [0.2, 0.25) is 5.02 Å². The van der Waals surface area contributed by atoms with Crippen LogP contribution in [0.25, 0.3) is 11.0 Å². The Kier molecular flexibility index (Phi) is 3.80. The van der Waals surface area contributed by atoms with Gasteiger partial charge in [-0.2, -0.15) is 0 Å². The normalized spacial score (nSPS) is 24.6. The maximum absolute atomic E-state index is 14.8. The van der Waals surface area contributed by atoms with Crippen LogP contribution in [0.4, 0.5) is 4.39 Å². The molecule has 1 saturated carbocycles. The standard InChI is InChI=1S/C18H21BClFN2O2/c1-17(2)18(3,4)25-19(24-17)15(21)11-5-10(6-11)14-8-12-7-13(20)9-22-16(12)23-14/h7-10H,5-6H2,1-4H3,(H,22,23). The van der Waals surface area contributed by atoms with E-state index in [4.69, 9.17) is 20.9 Å². The van der Waals surface area contributed by atoms with E-state index in [2.05, 4.69) is 9.97 Å². The summed E-state index contributed by atoms with van der Waals surface area (Å²) in [6, 6.07) is 3.92. The van der Waals surface area contributed by atoms with Gasteiger partial charge in [0.2, 0.25) is 0 Å². The molecule has 4 rings (SSSR count). The van der Waals surface area contributed by atoms with Crippen LogP contribution in [0, 0.1) is 0 Å². The Labute approximate surface area is 151 Å². The van der Waals surface area contributed by atoms with E-state index in [1.165, 1.54) is 0 Å². The molecule has 4 nitrogen and oxygen atoms in total. The molecule has 3 heterocycles. The summed E-state index contributed by atoms with van der Waals surface area (Å²) in [6.45, 7) is 7.71. The minimum Gasteiger partial charge on any atom is -0.398 e. The number of fused-ring (bicyclic) bond motifs is 1. The van der Waals surface area contributed by atoms with Crippen molar-refractivity contribution in [1.82, 2.24) is 9.97 Å². The smallest absolute Gasteiger partial charge is 0.398 e. The molecule has 0 atom stereocenters. The summed E-state index contributed by atoms with van der Waals surface area (Å²) in [5.41, 5.74) is 1.32. The number of nitrogens with one attached hydrogen (secondary N) is 1. The molecule has 1 aliphatic heterocycles. The number of allylic oxidation sites excluding steroid dienone is 1. The van der Waals surface area contributed by atoms with Gasteiger partial charge in [0.15, 0.2) is 0 Å². The third-order valence-electron chi connectivity index (χ3n) is 5.68. The van der Waals surface area contributed by atoms with Crippen molar-refractivity contribution in [3.05, 3.63) is 40.3 Å². The summed E-state index contributed by atoms with van der Waals surface area (Å²) in [4.78, 5) is 7.58. The fraction of sp³-hybridized carbons (Fsp3) is 0.500. The second-order valence-electron chi connectivity index (χ2n) is 7.96. The number of pyridine rings is 1. The lowest BCUT2D eigenvalue weighted by molar-refractivity contribution is 0.00578. The molecule has 0 unspecified atom stereocenters.